The van der Waals surface area contributed by atoms with Crippen molar-refractivity contribution < 1.29 is 4.74 Å². The monoisotopic (exact) mass is 272 g/mol. The second-order valence-electron chi connectivity index (χ2n) is 5.97. The molecule has 0 spiro atoms. The largest absolute Gasteiger partial charge is 0.465 e. The maximum absolute atomic E-state index is 5.56. The van der Waals surface area contributed by atoms with Crippen molar-refractivity contribution in [2.24, 2.45) is 5.92 Å². The molecule has 20 heavy (non-hydrogen) atoms. The highest BCUT2D eigenvalue weighted by Crippen LogP contribution is 2.37. The fraction of sp³-hybridized carbons (Fsp3) is 0.579. The van der Waals surface area contributed by atoms with Crippen molar-refractivity contribution in [3.05, 3.63) is 42.2 Å². The minimum atomic E-state index is 0.767. The van der Waals surface area contributed by atoms with E-state index in [9.17, 15) is 0 Å². The van der Waals surface area contributed by atoms with Crippen molar-refractivity contribution in [3.63, 3.8) is 0 Å². The second kappa shape index (κ2) is 8.14. The maximum atomic E-state index is 5.56. The van der Waals surface area contributed by atoms with Gasteiger partial charge in [-0.3, -0.25) is 0 Å². The predicted octanol–water partition coefficient (Wildman–Crippen LogP) is 6.06. The highest BCUT2D eigenvalue weighted by Gasteiger charge is 2.21. The molecule has 1 heteroatoms. The molecule has 110 valence electrons. The third-order valence-corrected chi connectivity index (χ3v) is 4.43. The van der Waals surface area contributed by atoms with Gasteiger partial charge in [0.25, 0.3) is 0 Å². The van der Waals surface area contributed by atoms with Crippen LogP contribution in [0.25, 0.3) is 0 Å². The van der Waals surface area contributed by atoms with E-state index in [1.165, 1.54) is 44.1 Å². The third-order valence-electron chi connectivity index (χ3n) is 4.43. The Balaban J connectivity index is 1.86. The molecule has 1 fully saturated rings. The van der Waals surface area contributed by atoms with E-state index in [1.54, 1.807) is 6.26 Å². The van der Waals surface area contributed by atoms with Gasteiger partial charge in [0.2, 0.25) is 0 Å². The molecule has 1 saturated carbocycles. The molecule has 1 aromatic rings. The molecule has 1 aromatic carbocycles. The lowest BCUT2D eigenvalue weighted by molar-refractivity contribution is 0.308. The first-order chi connectivity index (χ1) is 9.83. The fourth-order valence-electron chi connectivity index (χ4n) is 3.23. The van der Waals surface area contributed by atoms with Crippen molar-refractivity contribution in [1.29, 1.82) is 0 Å². The minimum Gasteiger partial charge on any atom is -0.465 e. The van der Waals surface area contributed by atoms with Crippen LogP contribution in [0.5, 0.6) is 5.75 Å². The van der Waals surface area contributed by atoms with Crippen LogP contribution in [-0.2, 0) is 0 Å². The van der Waals surface area contributed by atoms with Crippen molar-refractivity contribution in [2.45, 2.75) is 64.7 Å². The molecule has 1 aliphatic carbocycles. The SMILES string of the molecule is CCC=COc1ccc([C@H]2CC[C@H](CCC)CC2)cc1. The molecule has 0 amide bonds. The Morgan fingerprint density at radius 2 is 1.75 bits per heavy atom. The van der Waals surface area contributed by atoms with E-state index in [4.69, 9.17) is 4.74 Å². The van der Waals surface area contributed by atoms with Gasteiger partial charge in [-0.15, -0.1) is 0 Å². The van der Waals surface area contributed by atoms with Crippen LogP contribution in [0.15, 0.2) is 36.6 Å². The van der Waals surface area contributed by atoms with Crippen LogP contribution in [0.2, 0.25) is 0 Å². The van der Waals surface area contributed by atoms with E-state index in [0.29, 0.717) is 0 Å². The van der Waals surface area contributed by atoms with Gasteiger partial charge >= 0.3 is 0 Å². The molecule has 0 aromatic heterocycles. The Labute approximate surface area is 124 Å². The van der Waals surface area contributed by atoms with Gasteiger partial charge in [0.05, 0.1) is 6.26 Å². The number of hydrogen-bond acceptors (Lipinski definition) is 1. The summed E-state index contributed by atoms with van der Waals surface area (Å²) in [6.07, 6.45) is 13.1. The average molecular weight is 272 g/mol. The summed E-state index contributed by atoms with van der Waals surface area (Å²) in [7, 11) is 0. The molecule has 1 nitrogen and oxygen atoms in total. The second-order valence-corrected chi connectivity index (χ2v) is 5.97. The van der Waals surface area contributed by atoms with Gasteiger partial charge in [0.1, 0.15) is 5.75 Å². The molecule has 0 N–H and O–H groups in total. The molecule has 2 rings (SSSR count). The van der Waals surface area contributed by atoms with Gasteiger partial charge in [0, 0.05) is 0 Å². The Morgan fingerprint density at radius 1 is 1.05 bits per heavy atom. The van der Waals surface area contributed by atoms with Gasteiger partial charge in [-0.25, -0.2) is 0 Å². The quantitative estimate of drug-likeness (QED) is 0.572. The summed E-state index contributed by atoms with van der Waals surface area (Å²) >= 11 is 0. The standard InChI is InChI=1S/C19H28O/c1-3-5-15-20-19-13-11-18(12-14-19)17-9-7-16(6-4-2)8-10-17/h5,11-17H,3-4,6-10H2,1-2H3/t16-,17-. The maximum Gasteiger partial charge on any atom is 0.126 e. The highest BCUT2D eigenvalue weighted by atomic mass is 16.5. The van der Waals surface area contributed by atoms with Crippen LogP contribution in [0.3, 0.4) is 0 Å². The molecule has 0 aliphatic heterocycles. The molecular weight excluding hydrogens is 244 g/mol. The van der Waals surface area contributed by atoms with Crippen LogP contribution in [0.4, 0.5) is 0 Å². The number of hydrogen-bond donors (Lipinski definition) is 0. The van der Waals surface area contributed by atoms with E-state index >= 15 is 0 Å². The van der Waals surface area contributed by atoms with Crippen LogP contribution >= 0.6 is 0 Å². The Bertz CT molecular complexity index is 396. The molecule has 0 unspecified atom stereocenters. The first kappa shape index (κ1) is 15.2. The summed E-state index contributed by atoms with van der Waals surface area (Å²) < 4.78 is 5.56. The number of rotatable bonds is 6. The first-order valence-corrected chi connectivity index (χ1v) is 8.25. The van der Waals surface area contributed by atoms with Crippen molar-refractivity contribution in [2.75, 3.05) is 0 Å². The summed E-state index contributed by atoms with van der Waals surface area (Å²) in [6.45, 7) is 4.41. The highest BCUT2D eigenvalue weighted by molar-refractivity contribution is 5.30. The minimum absolute atomic E-state index is 0.767. The van der Waals surface area contributed by atoms with E-state index in [-0.39, 0.29) is 0 Å². The normalized spacial score (nSPS) is 23.1. The predicted molar refractivity (Wildman–Crippen MR) is 86.1 cm³/mol. The average Bonchev–Trinajstić information content (AvgIpc) is 2.49. The van der Waals surface area contributed by atoms with Gasteiger partial charge < -0.3 is 4.74 Å². The van der Waals surface area contributed by atoms with Gasteiger partial charge in [-0.05, 0) is 67.7 Å². The summed E-state index contributed by atoms with van der Waals surface area (Å²) in [6, 6.07) is 8.71. The Morgan fingerprint density at radius 3 is 2.35 bits per heavy atom. The van der Waals surface area contributed by atoms with Crippen LogP contribution in [0.1, 0.15) is 70.3 Å². The molecule has 0 atom stereocenters. The van der Waals surface area contributed by atoms with E-state index < -0.39 is 0 Å². The summed E-state index contributed by atoms with van der Waals surface area (Å²) in [5.41, 5.74) is 1.49. The van der Waals surface area contributed by atoms with Gasteiger partial charge in [-0.1, -0.05) is 38.8 Å². The van der Waals surface area contributed by atoms with Gasteiger partial charge in [-0.2, -0.15) is 0 Å². The lowest BCUT2D eigenvalue weighted by Gasteiger charge is -2.28. The molecule has 0 radical (unpaired) electrons. The molecular formula is C19H28O. The number of benzene rings is 1. The summed E-state index contributed by atoms with van der Waals surface area (Å²) in [4.78, 5) is 0. The van der Waals surface area contributed by atoms with Crippen molar-refractivity contribution >= 4 is 0 Å². The zero-order chi connectivity index (χ0) is 14.2. The molecule has 0 bridgehead atoms. The first-order valence-electron chi connectivity index (χ1n) is 8.25. The zero-order valence-corrected chi connectivity index (χ0v) is 13.0. The van der Waals surface area contributed by atoms with Crippen LogP contribution in [0, 0.1) is 5.92 Å². The van der Waals surface area contributed by atoms with E-state index in [1.807, 2.05) is 6.08 Å². The molecule has 0 heterocycles. The van der Waals surface area contributed by atoms with Crippen LogP contribution in [-0.4, -0.2) is 0 Å². The smallest absolute Gasteiger partial charge is 0.126 e. The van der Waals surface area contributed by atoms with Crippen LogP contribution < -0.4 is 4.74 Å². The molecule has 0 saturated heterocycles. The topological polar surface area (TPSA) is 9.23 Å². The fourth-order valence-corrected chi connectivity index (χ4v) is 3.23. The lowest BCUT2D eigenvalue weighted by atomic mass is 9.77. The third kappa shape index (κ3) is 4.40. The Hall–Kier alpha value is -1.24. The van der Waals surface area contributed by atoms with Crippen molar-refractivity contribution in [3.8, 4) is 5.75 Å². The lowest BCUT2D eigenvalue weighted by Crippen LogP contribution is -2.13. The zero-order valence-electron chi connectivity index (χ0n) is 13.0. The van der Waals surface area contributed by atoms with E-state index in [0.717, 1.165) is 24.0 Å². The summed E-state index contributed by atoms with van der Waals surface area (Å²) in [5.74, 6) is 2.69. The van der Waals surface area contributed by atoms with Gasteiger partial charge in [0.15, 0.2) is 0 Å². The summed E-state index contributed by atoms with van der Waals surface area (Å²) in [5, 5.41) is 0. The van der Waals surface area contributed by atoms with Crippen molar-refractivity contribution in [1.82, 2.24) is 0 Å². The number of ether oxygens (including phenoxy) is 1. The Kier molecular flexibility index (Phi) is 6.17. The number of allylic oxidation sites excluding steroid dienone is 1. The van der Waals surface area contributed by atoms with E-state index in [2.05, 4.69) is 38.1 Å². The molecule has 1 aliphatic rings.